The summed E-state index contributed by atoms with van der Waals surface area (Å²) in [5, 5.41) is 0. The third kappa shape index (κ3) is 6.94. The molecule has 1 aromatic carbocycles. The van der Waals surface area contributed by atoms with Gasteiger partial charge in [-0.3, -0.25) is 9.59 Å². The van der Waals surface area contributed by atoms with Crippen LogP contribution in [0.2, 0.25) is 0 Å². The molecule has 1 unspecified atom stereocenters. The Morgan fingerprint density at radius 1 is 1.21 bits per heavy atom. The monoisotopic (exact) mass is 335 g/mol. The summed E-state index contributed by atoms with van der Waals surface area (Å²) in [6.45, 7) is 6.80. The van der Waals surface area contributed by atoms with Gasteiger partial charge < -0.3 is 9.64 Å². The lowest BCUT2D eigenvalue weighted by molar-refractivity contribution is -0.146. The molecule has 0 saturated heterocycles. The number of ether oxygens (including phenoxy) is 1. The summed E-state index contributed by atoms with van der Waals surface area (Å²) < 4.78 is 17.6. The number of amides is 1. The van der Waals surface area contributed by atoms with Crippen molar-refractivity contribution in [2.24, 2.45) is 11.8 Å². The number of carbonyl (C=O) groups is 2. The number of carbonyl (C=O) groups excluding carboxylic acids is 2. The van der Waals surface area contributed by atoms with E-state index in [1.165, 1.54) is 25.3 Å². The number of methoxy groups -OCH3 is 1. The van der Waals surface area contributed by atoms with E-state index in [9.17, 15) is 14.0 Å². The summed E-state index contributed by atoms with van der Waals surface area (Å²) in [6.07, 6.45) is 3.95. The second kappa shape index (κ2) is 9.85. The van der Waals surface area contributed by atoms with Crippen LogP contribution in [0.4, 0.5) is 4.39 Å². The van der Waals surface area contributed by atoms with Crippen molar-refractivity contribution in [3.63, 3.8) is 0 Å². The topological polar surface area (TPSA) is 46.6 Å². The first-order valence-electron chi connectivity index (χ1n) is 8.13. The van der Waals surface area contributed by atoms with Crippen LogP contribution in [0.5, 0.6) is 0 Å². The van der Waals surface area contributed by atoms with Crippen molar-refractivity contribution in [1.82, 2.24) is 4.90 Å². The van der Waals surface area contributed by atoms with Crippen molar-refractivity contribution in [3.05, 3.63) is 41.7 Å². The predicted molar refractivity (Wildman–Crippen MR) is 92.6 cm³/mol. The lowest BCUT2D eigenvalue weighted by Crippen LogP contribution is -2.37. The van der Waals surface area contributed by atoms with Crippen molar-refractivity contribution >= 4 is 18.0 Å². The van der Waals surface area contributed by atoms with E-state index in [-0.39, 0.29) is 23.6 Å². The van der Waals surface area contributed by atoms with Gasteiger partial charge in [0, 0.05) is 19.2 Å². The highest BCUT2D eigenvalue weighted by Crippen LogP contribution is 2.10. The summed E-state index contributed by atoms with van der Waals surface area (Å²) in [5.74, 6) is -0.750. The van der Waals surface area contributed by atoms with Crippen molar-refractivity contribution in [1.29, 1.82) is 0 Å². The second-order valence-corrected chi connectivity index (χ2v) is 6.28. The average Bonchev–Trinajstić information content (AvgIpc) is 2.56. The van der Waals surface area contributed by atoms with E-state index in [0.29, 0.717) is 19.0 Å². The smallest absolute Gasteiger partial charge is 0.310 e. The SMILES string of the molecule is COC(=O)C(C)CN(CCC(C)C)C(=O)/C=C/c1ccc(F)cc1. The van der Waals surface area contributed by atoms with E-state index in [2.05, 4.69) is 13.8 Å². The van der Waals surface area contributed by atoms with Crippen molar-refractivity contribution in [3.8, 4) is 0 Å². The molecule has 0 aromatic heterocycles. The molecule has 0 aliphatic carbocycles. The highest BCUT2D eigenvalue weighted by atomic mass is 19.1. The highest BCUT2D eigenvalue weighted by molar-refractivity contribution is 5.92. The molecule has 0 radical (unpaired) electrons. The minimum absolute atomic E-state index is 0.171. The molecular formula is C19H26FNO3. The van der Waals surface area contributed by atoms with Gasteiger partial charge in [-0.2, -0.15) is 0 Å². The average molecular weight is 335 g/mol. The van der Waals surface area contributed by atoms with Gasteiger partial charge in [0.25, 0.3) is 0 Å². The first-order chi connectivity index (χ1) is 11.3. The standard InChI is InChI=1S/C19H26FNO3/c1-14(2)11-12-21(13-15(3)19(23)24-4)18(22)10-7-16-5-8-17(20)9-6-16/h5-10,14-15H,11-13H2,1-4H3/b10-7+. The van der Waals surface area contributed by atoms with Crippen LogP contribution in [-0.2, 0) is 14.3 Å². The van der Waals surface area contributed by atoms with E-state index in [1.807, 2.05) is 0 Å². The maximum Gasteiger partial charge on any atom is 0.310 e. The van der Waals surface area contributed by atoms with Crippen LogP contribution in [0.3, 0.4) is 0 Å². The fourth-order valence-electron chi connectivity index (χ4n) is 2.16. The highest BCUT2D eigenvalue weighted by Gasteiger charge is 2.20. The van der Waals surface area contributed by atoms with Crippen molar-refractivity contribution < 1.29 is 18.7 Å². The Morgan fingerprint density at radius 3 is 2.38 bits per heavy atom. The number of esters is 1. The van der Waals surface area contributed by atoms with Crippen molar-refractivity contribution in [2.75, 3.05) is 20.2 Å². The van der Waals surface area contributed by atoms with E-state index in [4.69, 9.17) is 4.74 Å². The zero-order chi connectivity index (χ0) is 18.1. The third-order valence-corrected chi connectivity index (χ3v) is 3.67. The summed E-state index contributed by atoms with van der Waals surface area (Å²) in [4.78, 5) is 25.7. The zero-order valence-electron chi connectivity index (χ0n) is 14.8. The van der Waals surface area contributed by atoms with Gasteiger partial charge in [-0.15, -0.1) is 0 Å². The fraction of sp³-hybridized carbons (Fsp3) is 0.474. The molecule has 4 nitrogen and oxygen atoms in total. The first kappa shape index (κ1) is 19.9. The summed E-state index contributed by atoms with van der Waals surface area (Å²) in [6, 6.07) is 5.91. The largest absolute Gasteiger partial charge is 0.469 e. The number of nitrogens with zero attached hydrogens (tertiary/aromatic N) is 1. The maximum atomic E-state index is 12.9. The lowest BCUT2D eigenvalue weighted by Gasteiger charge is -2.24. The van der Waals surface area contributed by atoms with Crippen LogP contribution in [0.1, 0.15) is 32.8 Å². The van der Waals surface area contributed by atoms with E-state index < -0.39 is 0 Å². The van der Waals surface area contributed by atoms with Gasteiger partial charge in [-0.25, -0.2) is 4.39 Å². The Hall–Kier alpha value is -2.17. The van der Waals surface area contributed by atoms with Gasteiger partial charge in [0.1, 0.15) is 5.82 Å². The number of benzene rings is 1. The van der Waals surface area contributed by atoms with Crippen LogP contribution < -0.4 is 0 Å². The number of hydrogen-bond acceptors (Lipinski definition) is 3. The molecule has 0 saturated carbocycles. The molecule has 0 fully saturated rings. The van der Waals surface area contributed by atoms with E-state index in [1.54, 1.807) is 30.0 Å². The summed E-state index contributed by atoms with van der Waals surface area (Å²) in [5.41, 5.74) is 0.745. The van der Waals surface area contributed by atoms with Gasteiger partial charge in [0.05, 0.1) is 13.0 Å². The Balaban J connectivity index is 2.77. The van der Waals surface area contributed by atoms with Gasteiger partial charge in [-0.1, -0.05) is 32.9 Å². The molecule has 0 spiro atoms. The number of rotatable bonds is 8. The Kier molecular flexibility index (Phi) is 8.16. The third-order valence-electron chi connectivity index (χ3n) is 3.67. The molecule has 0 aliphatic rings. The lowest BCUT2D eigenvalue weighted by atomic mass is 10.1. The molecule has 1 aromatic rings. The van der Waals surface area contributed by atoms with Gasteiger partial charge >= 0.3 is 5.97 Å². The number of halogens is 1. The van der Waals surface area contributed by atoms with Gasteiger partial charge in [0.15, 0.2) is 0 Å². The summed E-state index contributed by atoms with van der Waals surface area (Å²) >= 11 is 0. The van der Waals surface area contributed by atoms with E-state index in [0.717, 1.165) is 12.0 Å². The minimum atomic E-state index is -0.384. The molecular weight excluding hydrogens is 309 g/mol. The minimum Gasteiger partial charge on any atom is -0.469 e. The van der Waals surface area contributed by atoms with Crippen LogP contribution in [0.15, 0.2) is 30.3 Å². The second-order valence-electron chi connectivity index (χ2n) is 6.28. The zero-order valence-corrected chi connectivity index (χ0v) is 14.8. The molecule has 0 aliphatic heterocycles. The molecule has 5 heteroatoms. The Bertz CT molecular complexity index is 566. The van der Waals surface area contributed by atoms with Crippen LogP contribution in [0.25, 0.3) is 6.08 Å². The van der Waals surface area contributed by atoms with Gasteiger partial charge in [0.2, 0.25) is 5.91 Å². The summed E-state index contributed by atoms with van der Waals surface area (Å²) in [7, 11) is 1.34. The van der Waals surface area contributed by atoms with Crippen LogP contribution >= 0.6 is 0 Å². The predicted octanol–water partition coefficient (Wildman–Crippen LogP) is 3.52. The van der Waals surface area contributed by atoms with Gasteiger partial charge in [-0.05, 0) is 36.1 Å². The Labute approximate surface area is 143 Å². The molecule has 1 amide bonds. The first-order valence-corrected chi connectivity index (χ1v) is 8.13. The molecule has 1 atom stereocenters. The van der Waals surface area contributed by atoms with Crippen LogP contribution in [0, 0.1) is 17.7 Å². The van der Waals surface area contributed by atoms with Crippen molar-refractivity contribution in [2.45, 2.75) is 27.2 Å². The Morgan fingerprint density at radius 2 is 1.83 bits per heavy atom. The fourth-order valence-corrected chi connectivity index (χ4v) is 2.16. The maximum absolute atomic E-state index is 12.9. The molecule has 1 rings (SSSR count). The normalized spacial score (nSPS) is 12.4. The molecule has 0 N–H and O–H groups in total. The molecule has 0 bridgehead atoms. The molecule has 0 heterocycles. The molecule has 24 heavy (non-hydrogen) atoms. The quantitative estimate of drug-likeness (QED) is 0.539. The molecule has 132 valence electrons. The number of hydrogen-bond donors (Lipinski definition) is 0. The van der Waals surface area contributed by atoms with Crippen LogP contribution in [-0.4, -0.2) is 37.0 Å². The van der Waals surface area contributed by atoms with E-state index >= 15 is 0 Å².